The Morgan fingerprint density at radius 3 is 2.29 bits per heavy atom. The van der Waals surface area contributed by atoms with Gasteiger partial charge in [-0.3, -0.25) is 15.4 Å². The van der Waals surface area contributed by atoms with Gasteiger partial charge in [0.05, 0.1) is 18.1 Å². The van der Waals surface area contributed by atoms with Gasteiger partial charge in [-0.05, 0) is 47.9 Å². The number of halogens is 1. The van der Waals surface area contributed by atoms with E-state index >= 15 is 0 Å². The Balaban J connectivity index is 1.98. The van der Waals surface area contributed by atoms with E-state index in [2.05, 4.69) is 5.32 Å². The summed E-state index contributed by atoms with van der Waals surface area (Å²) in [6.45, 7) is 2.04. The molecule has 28 heavy (non-hydrogen) atoms. The first-order valence-corrected chi connectivity index (χ1v) is 9.25. The number of ether oxygens (including phenoxy) is 1. The standard InChI is InChI=1S/C22H21ClN2O3/c1-15(17-5-3-7-19(23)13-17)24-22(16-9-11-21(28-2)12-10-16)18-6-4-8-20(14-18)25(26)27/h3-15,22,24H,1-2H3. The van der Waals surface area contributed by atoms with E-state index in [0.717, 1.165) is 22.4 Å². The summed E-state index contributed by atoms with van der Waals surface area (Å²) < 4.78 is 5.24. The van der Waals surface area contributed by atoms with Crippen LogP contribution in [0.3, 0.4) is 0 Å². The Kier molecular flexibility index (Phi) is 6.29. The van der Waals surface area contributed by atoms with E-state index in [1.165, 1.54) is 6.07 Å². The van der Waals surface area contributed by atoms with Gasteiger partial charge in [-0.1, -0.05) is 48.0 Å². The highest BCUT2D eigenvalue weighted by Crippen LogP contribution is 2.30. The van der Waals surface area contributed by atoms with Crippen LogP contribution in [0.2, 0.25) is 5.02 Å². The zero-order valence-corrected chi connectivity index (χ0v) is 16.4. The van der Waals surface area contributed by atoms with Crippen molar-refractivity contribution in [1.29, 1.82) is 0 Å². The lowest BCUT2D eigenvalue weighted by Crippen LogP contribution is -2.25. The van der Waals surface area contributed by atoms with Crippen LogP contribution < -0.4 is 10.1 Å². The minimum atomic E-state index is -0.380. The molecule has 1 N–H and O–H groups in total. The van der Waals surface area contributed by atoms with Crippen molar-refractivity contribution in [3.8, 4) is 5.75 Å². The highest BCUT2D eigenvalue weighted by molar-refractivity contribution is 6.30. The third-order valence-electron chi connectivity index (χ3n) is 4.63. The van der Waals surface area contributed by atoms with Crippen LogP contribution in [0.5, 0.6) is 5.75 Å². The van der Waals surface area contributed by atoms with Gasteiger partial charge in [0.2, 0.25) is 0 Å². The number of rotatable bonds is 7. The number of nitrogens with zero attached hydrogens (tertiary/aromatic N) is 1. The van der Waals surface area contributed by atoms with Gasteiger partial charge < -0.3 is 4.74 Å². The lowest BCUT2D eigenvalue weighted by molar-refractivity contribution is -0.384. The summed E-state index contributed by atoms with van der Waals surface area (Å²) in [5, 5.41) is 15.5. The molecule has 2 atom stereocenters. The van der Waals surface area contributed by atoms with E-state index in [0.29, 0.717) is 5.02 Å². The number of hydrogen-bond donors (Lipinski definition) is 1. The largest absolute Gasteiger partial charge is 0.497 e. The van der Waals surface area contributed by atoms with E-state index in [4.69, 9.17) is 16.3 Å². The van der Waals surface area contributed by atoms with Gasteiger partial charge in [0, 0.05) is 23.2 Å². The number of nitro groups is 1. The van der Waals surface area contributed by atoms with Gasteiger partial charge in [0.25, 0.3) is 5.69 Å². The molecule has 0 aliphatic carbocycles. The van der Waals surface area contributed by atoms with Gasteiger partial charge in [-0.15, -0.1) is 0 Å². The fourth-order valence-electron chi connectivity index (χ4n) is 3.12. The van der Waals surface area contributed by atoms with Crippen molar-refractivity contribution >= 4 is 17.3 Å². The number of nitrogens with one attached hydrogen (secondary N) is 1. The third kappa shape index (κ3) is 4.68. The smallest absolute Gasteiger partial charge is 0.269 e. The van der Waals surface area contributed by atoms with Crippen molar-refractivity contribution < 1.29 is 9.66 Å². The monoisotopic (exact) mass is 396 g/mol. The van der Waals surface area contributed by atoms with Crippen molar-refractivity contribution in [1.82, 2.24) is 5.32 Å². The van der Waals surface area contributed by atoms with E-state index in [1.807, 2.05) is 61.5 Å². The summed E-state index contributed by atoms with van der Waals surface area (Å²) in [5.41, 5.74) is 2.90. The molecule has 0 heterocycles. The summed E-state index contributed by atoms with van der Waals surface area (Å²) in [6, 6.07) is 21.8. The van der Waals surface area contributed by atoms with Crippen LogP contribution >= 0.6 is 11.6 Å². The maximum absolute atomic E-state index is 11.2. The topological polar surface area (TPSA) is 64.4 Å². The average molecular weight is 397 g/mol. The van der Waals surface area contributed by atoms with Crippen molar-refractivity contribution in [2.45, 2.75) is 19.0 Å². The van der Waals surface area contributed by atoms with Crippen LogP contribution in [-0.2, 0) is 0 Å². The summed E-state index contributed by atoms with van der Waals surface area (Å²) >= 11 is 6.13. The Morgan fingerprint density at radius 1 is 0.964 bits per heavy atom. The number of hydrogen-bond acceptors (Lipinski definition) is 4. The van der Waals surface area contributed by atoms with Gasteiger partial charge >= 0.3 is 0 Å². The minimum absolute atomic E-state index is 0.0231. The second-order valence-electron chi connectivity index (χ2n) is 6.50. The normalized spacial score (nSPS) is 13.0. The Morgan fingerprint density at radius 2 is 1.64 bits per heavy atom. The molecule has 3 aromatic carbocycles. The number of nitro benzene ring substituents is 1. The second-order valence-corrected chi connectivity index (χ2v) is 6.94. The van der Waals surface area contributed by atoms with Crippen molar-refractivity contribution in [2.24, 2.45) is 0 Å². The van der Waals surface area contributed by atoms with Crippen LogP contribution in [0.25, 0.3) is 0 Å². The lowest BCUT2D eigenvalue weighted by atomic mass is 9.96. The fourth-order valence-corrected chi connectivity index (χ4v) is 3.32. The number of methoxy groups -OCH3 is 1. The highest BCUT2D eigenvalue weighted by atomic mass is 35.5. The van der Waals surface area contributed by atoms with Crippen molar-refractivity contribution in [3.63, 3.8) is 0 Å². The van der Waals surface area contributed by atoms with Gasteiger partial charge in [-0.25, -0.2) is 0 Å². The van der Waals surface area contributed by atoms with E-state index in [9.17, 15) is 10.1 Å². The zero-order valence-electron chi connectivity index (χ0n) is 15.6. The molecule has 0 saturated heterocycles. The predicted molar refractivity (Wildman–Crippen MR) is 111 cm³/mol. The van der Waals surface area contributed by atoms with Gasteiger partial charge in [0.15, 0.2) is 0 Å². The molecule has 144 valence electrons. The molecule has 3 aromatic rings. The molecule has 0 bridgehead atoms. The molecule has 5 nitrogen and oxygen atoms in total. The number of benzene rings is 3. The molecule has 0 aliphatic heterocycles. The van der Waals surface area contributed by atoms with Gasteiger partial charge in [-0.2, -0.15) is 0 Å². The van der Waals surface area contributed by atoms with Crippen LogP contribution in [-0.4, -0.2) is 12.0 Å². The first-order chi connectivity index (χ1) is 13.5. The molecule has 0 aliphatic rings. The lowest BCUT2D eigenvalue weighted by Gasteiger charge is -2.25. The molecular formula is C22H21ClN2O3. The molecular weight excluding hydrogens is 376 g/mol. The average Bonchev–Trinajstić information content (AvgIpc) is 2.72. The van der Waals surface area contributed by atoms with Crippen molar-refractivity contribution in [2.75, 3.05) is 7.11 Å². The second kappa shape index (κ2) is 8.87. The molecule has 0 aromatic heterocycles. The Hall–Kier alpha value is -2.89. The molecule has 0 amide bonds. The third-order valence-corrected chi connectivity index (χ3v) is 4.86. The Bertz CT molecular complexity index is 960. The van der Waals surface area contributed by atoms with Crippen molar-refractivity contribution in [3.05, 3.63) is 105 Å². The zero-order chi connectivity index (χ0) is 20.1. The minimum Gasteiger partial charge on any atom is -0.497 e. The number of non-ortho nitro benzene ring substituents is 1. The van der Waals surface area contributed by atoms with Crippen LogP contribution in [0, 0.1) is 10.1 Å². The van der Waals surface area contributed by atoms with Crippen LogP contribution in [0.1, 0.15) is 35.7 Å². The van der Waals surface area contributed by atoms with E-state index < -0.39 is 0 Å². The predicted octanol–water partition coefficient (Wildman–Crippen LogP) is 5.70. The maximum atomic E-state index is 11.2. The van der Waals surface area contributed by atoms with Gasteiger partial charge in [0.1, 0.15) is 5.75 Å². The molecule has 0 saturated carbocycles. The van der Waals surface area contributed by atoms with Crippen LogP contribution in [0.4, 0.5) is 5.69 Å². The highest BCUT2D eigenvalue weighted by Gasteiger charge is 2.20. The quantitative estimate of drug-likeness (QED) is 0.411. The summed E-state index contributed by atoms with van der Waals surface area (Å²) in [5.74, 6) is 0.754. The SMILES string of the molecule is COc1ccc(C(NC(C)c2cccc(Cl)c2)c2cccc([N+](=O)[O-])c2)cc1. The fraction of sp³-hybridized carbons (Fsp3) is 0.182. The van der Waals surface area contributed by atoms with E-state index in [1.54, 1.807) is 19.2 Å². The molecule has 0 spiro atoms. The summed E-state index contributed by atoms with van der Waals surface area (Å²) in [7, 11) is 1.62. The Labute approximate surface area is 169 Å². The molecule has 2 unspecified atom stereocenters. The molecule has 0 radical (unpaired) electrons. The van der Waals surface area contributed by atoms with Crippen LogP contribution in [0.15, 0.2) is 72.8 Å². The maximum Gasteiger partial charge on any atom is 0.269 e. The summed E-state index contributed by atoms with van der Waals surface area (Å²) in [6.07, 6.45) is 0. The first-order valence-electron chi connectivity index (χ1n) is 8.87. The summed E-state index contributed by atoms with van der Waals surface area (Å²) in [4.78, 5) is 10.9. The van der Waals surface area contributed by atoms with E-state index in [-0.39, 0.29) is 22.7 Å². The first kappa shape index (κ1) is 19.9. The molecule has 3 rings (SSSR count). The molecule has 6 heteroatoms. The molecule has 0 fully saturated rings.